The second kappa shape index (κ2) is 4.68. The van der Waals surface area contributed by atoms with Gasteiger partial charge in [0.15, 0.2) is 5.78 Å². The van der Waals surface area contributed by atoms with Crippen molar-refractivity contribution in [1.82, 2.24) is 4.90 Å². The van der Waals surface area contributed by atoms with Gasteiger partial charge in [-0.25, -0.2) is 0 Å². The van der Waals surface area contributed by atoms with Gasteiger partial charge in [-0.1, -0.05) is 30.3 Å². The molecule has 0 aliphatic carbocycles. The quantitative estimate of drug-likeness (QED) is 0.855. The number of Topliss-reactive ketones (excluding diaryl/α,β-unsaturated/α-hetero) is 1. The van der Waals surface area contributed by atoms with Crippen LogP contribution in [0.4, 0.5) is 0 Å². The van der Waals surface area contributed by atoms with E-state index in [4.69, 9.17) is 4.74 Å². The summed E-state index contributed by atoms with van der Waals surface area (Å²) in [7, 11) is 1.99. The zero-order valence-corrected chi connectivity index (χ0v) is 12.0. The third kappa shape index (κ3) is 1.93. The van der Waals surface area contributed by atoms with Crippen LogP contribution in [0.25, 0.3) is 0 Å². The van der Waals surface area contributed by atoms with Gasteiger partial charge in [-0.3, -0.25) is 9.69 Å². The number of aliphatic hydroxyl groups excluding tert-OH is 1. The lowest BCUT2D eigenvalue weighted by Gasteiger charge is -2.38. The Labute approximate surface area is 124 Å². The van der Waals surface area contributed by atoms with Crippen molar-refractivity contribution in [3.05, 3.63) is 47.2 Å². The molecule has 0 saturated carbocycles. The molecule has 0 aromatic heterocycles. The molecule has 4 atom stereocenters. The molecule has 0 spiro atoms. The van der Waals surface area contributed by atoms with Gasteiger partial charge in [-0.2, -0.15) is 0 Å². The molecule has 0 amide bonds. The molecule has 1 N–H and O–H groups in total. The molecular formula is C17H19NO3. The molecule has 110 valence electrons. The highest BCUT2D eigenvalue weighted by molar-refractivity contribution is 5.98. The first-order valence-corrected chi connectivity index (χ1v) is 7.53. The first kappa shape index (κ1) is 13.0. The Bertz CT molecular complexity index is 610. The van der Waals surface area contributed by atoms with Gasteiger partial charge in [0.25, 0.3) is 0 Å². The predicted molar refractivity (Wildman–Crippen MR) is 77.5 cm³/mol. The highest BCUT2D eigenvalue weighted by Crippen LogP contribution is 2.44. The molecule has 1 saturated heterocycles. The van der Waals surface area contributed by atoms with Crippen LogP contribution in [0.1, 0.15) is 30.9 Å². The van der Waals surface area contributed by atoms with E-state index in [2.05, 4.69) is 4.90 Å². The first-order chi connectivity index (χ1) is 10.1. The minimum absolute atomic E-state index is 0.126. The molecule has 4 heteroatoms. The standard InChI is InChI=1S/C17H19NO3/c1-18-11-7-13(20)17(18)16-12(19)9-14(21-15(16)8-11)10-5-3-2-4-6-10/h2-6,11,13-14,17,20H,7-9H2,1H3/t11-,13+,14-,17+/m0/s1. The van der Waals surface area contributed by atoms with Gasteiger partial charge >= 0.3 is 0 Å². The monoisotopic (exact) mass is 285 g/mol. The number of rotatable bonds is 1. The van der Waals surface area contributed by atoms with Crippen LogP contribution in [0.2, 0.25) is 0 Å². The van der Waals surface area contributed by atoms with E-state index >= 15 is 0 Å². The van der Waals surface area contributed by atoms with E-state index < -0.39 is 6.10 Å². The van der Waals surface area contributed by atoms with Crippen LogP contribution in [0.3, 0.4) is 0 Å². The summed E-state index contributed by atoms with van der Waals surface area (Å²) < 4.78 is 6.15. The van der Waals surface area contributed by atoms with Crippen LogP contribution in [0, 0.1) is 0 Å². The molecule has 1 aromatic rings. The largest absolute Gasteiger partial charge is 0.489 e. The fourth-order valence-electron chi connectivity index (χ4n) is 3.96. The number of ketones is 1. The number of ether oxygens (including phenoxy) is 1. The van der Waals surface area contributed by atoms with Crippen LogP contribution in [0.5, 0.6) is 0 Å². The average Bonchev–Trinajstić information content (AvgIpc) is 2.67. The molecule has 0 unspecified atom stereocenters. The predicted octanol–water partition coefficient (Wildman–Crippen LogP) is 1.81. The number of benzene rings is 1. The lowest BCUT2D eigenvalue weighted by molar-refractivity contribution is -0.122. The van der Waals surface area contributed by atoms with Gasteiger partial charge in [0, 0.05) is 12.5 Å². The molecule has 4 rings (SSSR count). The molecule has 3 aliphatic rings. The van der Waals surface area contributed by atoms with E-state index in [1.165, 1.54) is 0 Å². The summed E-state index contributed by atoms with van der Waals surface area (Å²) in [6.45, 7) is 0. The Hall–Kier alpha value is -1.65. The van der Waals surface area contributed by atoms with Crippen molar-refractivity contribution < 1.29 is 14.6 Å². The third-order valence-corrected chi connectivity index (χ3v) is 5.04. The van der Waals surface area contributed by atoms with Crippen molar-refractivity contribution in [2.45, 2.75) is 43.6 Å². The lowest BCUT2D eigenvalue weighted by atomic mass is 9.88. The molecule has 4 nitrogen and oxygen atoms in total. The molecule has 21 heavy (non-hydrogen) atoms. The SMILES string of the molecule is CN1[C@@H]2CC3=C(C(=O)C[C@@H](c4ccccc4)O3)[C@H]1[C@H](O)C2. The van der Waals surface area contributed by atoms with Gasteiger partial charge in [0.05, 0.1) is 24.1 Å². The minimum Gasteiger partial charge on any atom is -0.489 e. The minimum atomic E-state index is -0.451. The number of nitrogens with zero attached hydrogens (tertiary/aromatic N) is 1. The number of aliphatic hydroxyl groups is 1. The van der Waals surface area contributed by atoms with Crippen LogP contribution >= 0.6 is 0 Å². The maximum atomic E-state index is 12.6. The fraction of sp³-hybridized carbons (Fsp3) is 0.471. The van der Waals surface area contributed by atoms with Gasteiger partial charge < -0.3 is 9.84 Å². The van der Waals surface area contributed by atoms with E-state index in [1.54, 1.807) is 0 Å². The molecule has 3 heterocycles. The number of carbonyl (C=O) groups excluding carboxylic acids is 1. The van der Waals surface area contributed by atoms with Crippen LogP contribution in [-0.4, -0.2) is 41.0 Å². The van der Waals surface area contributed by atoms with Crippen molar-refractivity contribution in [3.63, 3.8) is 0 Å². The van der Waals surface area contributed by atoms with Crippen molar-refractivity contribution in [2.24, 2.45) is 0 Å². The second-order valence-electron chi connectivity index (χ2n) is 6.25. The van der Waals surface area contributed by atoms with Crippen molar-refractivity contribution in [3.8, 4) is 0 Å². The van der Waals surface area contributed by atoms with Crippen molar-refractivity contribution in [2.75, 3.05) is 7.05 Å². The average molecular weight is 285 g/mol. The fourth-order valence-corrected chi connectivity index (χ4v) is 3.96. The van der Waals surface area contributed by atoms with E-state index in [9.17, 15) is 9.90 Å². The zero-order chi connectivity index (χ0) is 14.6. The van der Waals surface area contributed by atoms with Crippen molar-refractivity contribution >= 4 is 5.78 Å². The second-order valence-corrected chi connectivity index (χ2v) is 6.25. The highest BCUT2D eigenvalue weighted by atomic mass is 16.5. The Morgan fingerprint density at radius 2 is 2.00 bits per heavy atom. The number of carbonyl (C=O) groups is 1. The number of hydrogen-bond acceptors (Lipinski definition) is 4. The summed E-state index contributed by atoms with van der Waals surface area (Å²) in [5.41, 5.74) is 1.76. The lowest BCUT2D eigenvalue weighted by Crippen LogP contribution is -2.45. The highest BCUT2D eigenvalue weighted by Gasteiger charge is 2.49. The zero-order valence-electron chi connectivity index (χ0n) is 12.0. The summed E-state index contributed by atoms with van der Waals surface area (Å²) in [6, 6.07) is 10.0. The van der Waals surface area contributed by atoms with E-state index in [1.807, 2.05) is 37.4 Å². The number of fused-ring (bicyclic) bond motifs is 3. The maximum Gasteiger partial charge on any atom is 0.167 e. The summed E-state index contributed by atoms with van der Waals surface area (Å²) in [5.74, 6) is 0.936. The van der Waals surface area contributed by atoms with Gasteiger partial charge in [0.2, 0.25) is 0 Å². The van der Waals surface area contributed by atoms with Gasteiger partial charge in [-0.05, 0) is 19.0 Å². The molecular weight excluding hydrogens is 266 g/mol. The Morgan fingerprint density at radius 1 is 1.24 bits per heavy atom. The third-order valence-electron chi connectivity index (χ3n) is 5.04. The Morgan fingerprint density at radius 3 is 2.76 bits per heavy atom. The van der Waals surface area contributed by atoms with Gasteiger partial charge in [0.1, 0.15) is 11.9 Å². The van der Waals surface area contributed by atoms with Crippen LogP contribution < -0.4 is 0 Å². The van der Waals surface area contributed by atoms with Crippen LogP contribution in [-0.2, 0) is 9.53 Å². The normalized spacial score (nSPS) is 35.6. The summed E-state index contributed by atoms with van der Waals surface area (Å²) in [5, 5.41) is 10.2. The van der Waals surface area contributed by atoms with E-state index in [0.29, 0.717) is 12.0 Å². The molecule has 3 aliphatic heterocycles. The first-order valence-electron chi connectivity index (χ1n) is 7.53. The van der Waals surface area contributed by atoms with Crippen LogP contribution in [0.15, 0.2) is 41.7 Å². The molecule has 0 radical (unpaired) electrons. The number of likely N-dealkylation sites (N-methyl/N-ethyl adjacent to an activating group) is 1. The molecule has 1 aromatic carbocycles. The Kier molecular flexibility index (Phi) is 2.91. The topological polar surface area (TPSA) is 49.8 Å². The van der Waals surface area contributed by atoms with E-state index in [-0.39, 0.29) is 24.0 Å². The molecule has 1 fully saturated rings. The summed E-state index contributed by atoms with van der Waals surface area (Å²) in [4.78, 5) is 14.7. The summed E-state index contributed by atoms with van der Waals surface area (Å²) >= 11 is 0. The van der Waals surface area contributed by atoms with E-state index in [0.717, 1.165) is 24.2 Å². The van der Waals surface area contributed by atoms with Crippen molar-refractivity contribution in [1.29, 1.82) is 0 Å². The molecule has 2 bridgehead atoms. The smallest absolute Gasteiger partial charge is 0.167 e. The summed E-state index contributed by atoms with van der Waals surface area (Å²) in [6.07, 6.45) is 1.19. The Balaban J connectivity index is 1.69. The van der Waals surface area contributed by atoms with Gasteiger partial charge in [-0.15, -0.1) is 0 Å². The maximum absolute atomic E-state index is 12.6. The number of hydrogen-bond donors (Lipinski definition) is 1.